The third kappa shape index (κ3) is 3.08. The molecule has 0 saturated carbocycles. The molecule has 0 aromatic heterocycles. The van der Waals surface area contributed by atoms with Crippen LogP contribution in [0.25, 0.3) is 0 Å². The molecule has 0 radical (unpaired) electrons. The zero-order valence-electron chi connectivity index (χ0n) is 13.9. The van der Waals surface area contributed by atoms with Crippen molar-refractivity contribution in [3.05, 3.63) is 75.3 Å². The molecule has 1 amide bonds. The van der Waals surface area contributed by atoms with Crippen molar-refractivity contribution in [2.45, 2.75) is 18.6 Å². The van der Waals surface area contributed by atoms with Crippen LogP contribution in [-0.4, -0.2) is 29.5 Å². The Balaban J connectivity index is 1.89. The number of nitrogens with zero attached hydrogens (tertiary/aromatic N) is 1. The van der Waals surface area contributed by atoms with Gasteiger partial charge in [-0.2, -0.15) is 0 Å². The van der Waals surface area contributed by atoms with Crippen molar-refractivity contribution in [1.29, 1.82) is 0 Å². The van der Waals surface area contributed by atoms with Gasteiger partial charge in [0.1, 0.15) is 5.75 Å². The molecule has 26 heavy (non-hydrogen) atoms. The van der Waals surface area contributed by atoms with Gasteiger partial charge in [0.2, 0.25) is 5.78 Å². The number of rotatable bonds is 6. The number of carbonyl (C=O) groups excluding carboxylic acids is 2. The molecule has 0 saturated heterocycles. The Labute approximate surface area is 148 Å². The lowest BCUT2D eigenvalue weighted by molar-refractivity contribution is -0.771. The van der Waals surface area contributed by atoms with Crippen molar-refractivity contribution in [3.8, 4) is 5.75 Å². The van der Waals surface area contributed by atoms with Crippen LogP contribution in [0.5, 0.6) is 5.75 Å². The third-order valence-corrected chi connectivity index (χ3v) is 4.26. The second-order valence-electron chi connectivity index (χ2n) is 5.84. The third-order valence-electron chi connectivity index (χ3n) is 4.26. The molecule has 0 fully saturated rings. The molecule has 2 aromatic carbocycles. The lowest BCUT2D eigenvalue weighted by atomic mass is 9.97. The molecule has 8 heteroatoms. The Kier molecular flexibility index (Phi) is 4.57. The minimum absolute atomic E-state index is 0.120. The van der Waals surface area contributed by atoms with Gasteiger partial charge in [0.25, 0.3) is 16.6 Å². The Morgan fingerprint density at radius 2 is 2.00 bits per heavy atom. The number of methoxy groups -OCH3 is 1. The first-order valence-electron chi connectivity index (χ1n) is 7.84. The molecule has 1 N–H and O–H groups in total. The van der Waals surface area contributed by atoms with Crippen molar-refractivity contribution in [3.63, 3.8) is 0 Å². The second-order valence-corrected chi connectivity index (χ2v) is 5.84. The standard InChI is InChI=1S/C18H16N2O6/c1-25-14-7-8-15-13(9-14)10-18(16(15)21,26-20(23)24)17(22)19-11-12-5-3-2-4-6-12/h2-9H,10-11H2,1H3,(H,19,22)/t18-/m1/s1. The van der Waals surface area contributed by atoms with Gasteiger partial charge in [-0.05, 0) is 29.3 Å². The maximum absolute atomic E-state index is 12.8. The molecule has 0 bridgehead atoms. The zero-order valence-corrected chi connectivity index (χ0v) is 13.9. The van der Waals surface area contributed by atoms with Crippen LogP contribution < -0.4 is 10.1 Å². The number of ketones is 1. The summed E-state index contributed by atoms with van der Waals surface area (Å²) in [5.74, 6) is -1.10. The summed E-state index contributed by atoms with van der Waals surface area (Å²) in [5, 5.41) is 12.4. The second kappa shape index (κ2) is 6.83. The number of benzene rings is 2. The summed E-state index contributed by atoms with van der Waals surface area (Å²) in [4.78, 5) is 41.1. The van der Waals surface area contributed by atoms with Gasteiger partial charge in [0, 0.05) is 18.5 Å². The van der Waals surface area contributed by atoms with E-state index in [1.807, 2.05) is 6.07 Å². The van der Waals surface area contributed by atoms with Crippen LogP contribution in [0, 0.1) is 10.1 Å². The molecule has 0 aliphatic heterocycles. The molecule has 1 aliphatic rings. The molecule has 8 nitrogen and oxygen atoms in total. The van der Waals surface area contributed by atoms with E-state index in [9.17, 15) is 19.7 Å². The molecule has 0 heterocycles. The van der Waals surface area contributed by atoms with E-state index in [0.29, 0.717) is 11.3 Å². The van der Waals surface area contributed by atoms with Gasteiger partial charge in [0.15, 0.2) is 0 Å². The number of amides is 1. The Hall–Kier alpha value is -3.42. The molecule has 134 valence electrons. The van der Waals surface area contributed by atoms with Crippen molar-refractivity contribution >= 4 is 11.7 Å². The number of nitrogens with one attached hydrogen (secondary N) is 1. The van der Waals surface area contributed by atoms with E-state index in [1.165, 1.54) is 13.2 Å². The van der Waals surface area contributed by atoms with Crippen LogP contribution in [-0.2, 0) is 22.6 Å². The van der Waals surface area contributed by atoms with E-state index in [4.69, 9.17) is 4.74 Å². The van der Waals surface area contributed by atoms with Gasteiger partial charge in [-0.1, -0.05) is 30.3 Å². The predicted octanol–water partition coefficient (Wildman–Crippen LogP) is 1.70. The monoisotopic (exact) mass is 356 g/mol. The summed E-state index contributed by atoms with van der Waals surface area (Å²) >= 11 is 0. The number of Topliss-reactive ketones (excluding diaryl/α,β-unsaturated/α-hetero) is 1. The van der Waals surface area contributed by atoms with E-state index >= 15 is 0 Å². The summed E-state index contributed by atoms with van der Waals surface area (Å²) in [6.07, 6.45) is -0.236. The molecule has 0 unspecified atom stereocenters. The quantitative estimate of drug-likeness (QED) is 0.479. The first kappa shape index (κ1) is 17.4. The minimum atomic E-state index is -2.23. The number of fused-ring (bicyclic) bond motifs is 1. The summed E-state index contributed by atoms with van der Waals surface area (Å²) in [7, 11) is 1.46. The summed E-state index contributed by atoms with van der Waals surface area (Å²) < 4.78 is 5.10. The molecule has 1 aliphatic carbocycles. The Bertz CT molecular complexity index is 867. The van der Waals surface area contributed by atoms with Crippen LogP contribution in [0.2, 0.25) is 0 Å². The van der Waals surface area contributed by atoms with Crippen LogP contribution in [0.4, 0.5) is 0 Å². The van der Waals surface area contributed by atoms with Gasteiger partial charge < -0.3 is 10.1 Å². The predicted molar refractivity (Wildman–Crippen MR) is 90.1 cm³/mol. The van der Waals surface area contributed by atoms with Crippen molar-refractivity contribution < 1.29 is 24.3 Å². The lowest BCUT2D eigenvalue weighted by Gasteiger charge is -2.23. The molecular weight excluding hydrogens is 340 g/mol. The van der Waals surface area contributed by atoms with E-state index in [0.717, 1.165) is 5.56 Å². The van der Waals surface area contributed by atoms with Gasteiger partial charge in [-0.25, -0.2) is 0 Å². The molecule has 3 rings (SSSR count). The topological polar surface area (TPSA) is 108 Å². The fraction of sp³-hybridized carbons (Fsp3) is 0.222. The number of carbonyl (C=O) groups is 2. The van der Waals surface area contributed by atoms with Crippen LogP contribution in [0.3, 0.4) is 0 Å². The van der Waals surface area contributed by atoms with Crippen LogP contribution in [0.1, 0.15) is 21.5 Å². The lowest BCUT2D eigenvalue weighted by Crippen LogP contribution is -2.54. The Morgan fingerprint density at radius 1 is 1.27 bits per heavy atom. The fourth-order valence-corrected chi connectivity index (χ4v) is 2.98. The SMILES string of the molecule is COc1ccc2c(c1)C[C@](O[N+](=O)[O-])(C(=O)NCc1ccccc1)C2=O. The molecule has 2 aromatic rings. The minimum Gasteiger partial charge on any atom is -0.497 e. The number of hydrogen-bond acceptors (Lipinski definition) is 6. The summed E-state index contributed by atoms with van der Waals surface area (Å²) in [6.45, 7) is 0.120. The Morgan fingerprint density at radius 3 is 2.65 bits per heavy atom. The highest BCUT2D eigenvalue weighted by atomic mass is 17.0. The average Bonchev–Trinajstić information content (AvgIpc) is 2.92. The van der Waals surface area contributed by atoms with E-state index in [2.05, 4.69) is 10.2 Å². The van der Waals surface area contributed by atoms with Gasteiger partial charge in [-0.15, -0.1) is 10.1 Å². The average molecular weight is 356 g/mol. The highest BCUT2D eigenvalue weighted by molar-refractivity contribution is 6.20. The first-order valence-corrected chi connectivity index (χ1v) is 7.84. The maximum atomic E-state index is 12.8. The number of hydrogen-bond donors (Lipinski definition) is 1. The normalized spacial score (nSPS) is 18.1. The summed E-state index contributed by atoms with van der Waals surface area (Å²) in [6, 6.07) is 13.6. The van der Waals surface area contributed by atoms with Crippen molar-refractivity contribution in [2.75, 3.05) is 7.11 Å². The molecular formula is C18H16N2O6. The van der Waals surface area contributed by atoms with E-state index in [-0.39, 0.29) is 18.5 Å². The van der Waals surface area contributed by atoms with E-state index < -0.39 is 22.4 Å². The maximum Gasteiger partial charge on any atom is 0.296 e. The fourth-order valence-electron chi connectivity index (χ4n) is 2.98. The highest BCUT2D eigenvalue weighted by Gasteiger charge is 2.55. The first-order chi connectivity index (χ1) is 12.5. The molecule has 0 spiro atoms. The number of ether oxygens (including phenoxy) is 1. The van der Waals surface area contributed by atoms with Gasteiger partial charge in [-0.3, -0.25) is 14.4 Å². The van der Waals surface area contributed by atoms with E-state index in [1.54, 1.807) is 36.4 Å². The summed E-state index contributed by atoms with van der Waals surface area (Å²) in [5.41, 5.74) is -0.761. The molecule has 1 atom stereocenters. The van der Waals surface area contributed by atoms with Crippen LogP contribution in [0.15, 0.2) is 48.5 Å². The largest absolute Gasteiger partial charge is 0.497 e. The highest BCUT2D eigenvalue weighted by Crippen LogP contribution is 2.35. The van der Waals surface area contributed by atoms with Gasteiger partial charge in [0.05, 0.1) is 7.11 Å². The van der Waals surface area contributed by atoms with Crippen LogP contribution >= 0.6 is 0 Å². The van der Waals surface area contributed by atoms with Crippen molar-refractivity contribution in [2.24, 2.45) is 0 Å². The van der Waals surface area contributed by atoms with Crippen molar-refractivity contribution in [1.82, 2.24) is 5.32 Å². The van der Waals surface area contributed by atoms with Gasteiger partial charge >= 0.3 is 0 Å². The smallest absolute Gasteiger partial charge is 0.296 e. The zero-order chi connectivity index (χ0) is 18.7.